The smallest absolute Gasteiger partial charge is 0.405 e. The molecule has 0 bridgehead atoms. The minimum atomic E-state index is -4.52. The molecule has 1 amide bonds. The van der Waals surface area contributed by atoms with E-state index in [1.165, 1.54) is 16.7 Å². The fraction of sp³-hybridized carbons (Fsp3) is 0.267. The summed E-state index contributed by atoms with van der Waals surface area (Å²) in [6.45, 7) is -1.77. The van der Waals surface area contributed by atoms with Crippen molar-refractivity contribution in [1.82, 2.24) is 10.3 Å². The fourth-order valence-electron chi connectivity index (χ4n) is 1.68. The van der Waals surface area contributed by atoms with Crippen molar-refractivity contribution in [2.24, 2.45) is 0 Å². The number of esters is 1. The van der Waals surface area contributed by atoms with Gasteiger partial charge in [0.25, 0.3) is 5.91 Å². The lowest BCUT2D eigenvalue weighted by molar-refractivity contribution is -0.140. The van der Waals surface area contributed by atoms with E-state index in [1.54, 1.807) is 5.32 Å². The van der Waals surface area contributed by atoms with Crippen LogP contribution in [0.2, 0.25) is 0 Å². The third-order valence-corrected chi connectivity index (χ3v) is 3.62. The highest BCUT2D eigenvalue weighted by Crippen LogP contribution is 2.17. The largest absolute Gasteiger partial charge is 0.451 e. The van der Waals surface area contributed by atoms with E-state index in [0.29, 0.717) is 11.7 Å². The quantitative estimate of drug-likeness (QED) is 0.730. The molecule has 2 aromatic rings. The number of nitrogens with one attached hydrogen (secondary N) is 2. The molecule has 0 saturated heterocycles. The average molecular weight is 373 g/mol. The maximum absolute atomic E-state index is 11.9. The zero-order valence-corrected chi connectivity index (χ0v) is 13.6. The molecule has 0 radical (unpaired) electrons. The van der Waals surface area contributed by atoms with Crippen LogP contribution in [0.15, 0.2) is 35.7 Å². The summed E-state index contributed by atoms with van der Waals surface area (Å²) in [7, 11) is 0. The van der Waals surface area contributed by atoms with Gasteiger partial charge in [-0.2, -0.15) is 13.2 Å². The van der Waals surface area contributed by atoms with E-state index < -0.39 is 31.2 Å². The number of nitrogens with zero attached hydrogens (tertiary/aromatic N) is 1. The molecular formula is C15H14F3N3O3S. The topological polar surface area (TPSA) is 80.3 Å². The third-order valence-electron chi connectivity index (χ3n) is 2.82. The Morgan fingerprint density at radius 1 is 1.20 bits per heavy atom. The Morgan fingerprint density at radius 2 is 1.92 bits per heavy atom. The van der Waals surface area contributed by atoms with Crippen LogP contribution in [0.5, 0.6) is 0 Å². The van der Waals surface area contributed by atoms with Gasteiger partial charge in [-0.15, -0.1) is 11.3 Å². The number of halogens is 3. The van der Waals surface area contributed by atoms with E-state index >= 15 is 0 Å². The fourth-order valence-corrected chi connectivity index (χ4v) is 2.36. The summed E-state index contributed by atoms with van der Waals surface area (Å²) in [5.41, 5.74) is 1.01. The number of benzene rings is 1. The van der Waals surface area contributed by atoms with Crippen molar-refractivity contribution >= 4 is 28.3 Å². The predicted octanol–water partition coefficient (Wildman–Crippen LogP) is 2.59. The van der Waals surface area contributed by atoms with Crippen molar-refractivity contribution in [2.45, 2.75) is 12.7 Å². The lowest BCUT2D eigenvalue weighted by Gasteiger charge is -2.08. The van der Waals surface area contributed by atoms with Gasteiger partial charge in [-0.1, -0.05) is 30.3 Å². The molecule has 1 aromatic heterocycles. The maximum Gasteiger partial charge on any atom is 0.405 e. The number of anilines is 1. The zero-order valence-electron chi connectivity index (χ0n) is 12.8. The van der Waals surface area contributed by atoms with Crippen LogP contribution in [0.1, 0.15) is 16.1 Å². The van der Waals surface area contributed by atoms with E-state index in [-0.39, 0.29) is 5.69 Å². The Balaban J connectivity index is 1.77. The van der Waals surface area contributed by atoms with Crippen LogP contribution in [0, 0.1) is 0 Å². The Hall–Kier alpha value is -2.62. The lowest BCUT2D eigenvalue weighted by atomic mass is 10.2. The normalized spacial score (nSPS) is 11.0. The van der Waals surface area contributed by atoms with Gasteiger partial charge in [0.2, 0.25) is 0 Å². The Kier molecular flexibility index (Phi) is 6.34. The van der Waals surface area contributed by atoms with Crippen molar-refractivity contribution in [3.05, 3.63) is 47.0 Å². The van der Waals surface area contributed by atoms with Gasteiger partial charge in [0, 0.05) is 11.9 Å². The van der Waals surface area contributed by atoms with Gasteiger partial charge in [0.05, 0.1) is 0 Å². The first-order chi connectivity index (χ1) is 11.8. The van der Waals surface area contributed by atoms with Gasteiger partial charge in [-0.05, 0) is 5.56 Å². The number of carbonyl (C=O) groups is 2. The molecule has 25 heavy (non-hydrogen) atoms. The van der Waals surface area contributed by atoms with E-state index in [4.69, 9.17) is 0 Å². The highest BCUT2D eigenvalue weighted by molar-refractivity contribution is 7.13. The van der Waals surface area contributed by atoms with Gasteiger partial charge in [0.15, 0.2) is 17.4 Å². The summed E-state index contributed by atoms with van der Waals surface area (Å²) >= 11 is 1.17. The van der Waals surface area contributed by atoms with Crippen molar-refractivity contribution in [1.29, 1.82) is 0 Å². The monoisotopic (exact) mass is 373 g/mol. The molecule has 0 aliphatic rings. The third kappa shape index (κ3) is 6.79. The average Bonchev–Trinajstić information content (AvgIpc) is 3.05. The van der Waals surface area contributed by atoms with Gasteiger partial charge >= 0.3 is 12.1 Å². The van der Waals surface area contributed by atoms with Crippen LogP contribution in [-0.4, -0.2) is 36.2 Å². The molecule has 2 N–H and O–H groups in total. The Morgan fingerprint density at radius 3 is 2.60 bits per heavy atom. The Bertz CT molecular complexity index is 720. The van der Waals surface area contributed by atoms with Crippen molar-refractivity contribution < 1.29 is 27.5 Å². The molecule has 1 heterocycles. The van der Waals surface area contributed by atoms with E-state index in [1.807, 2.05) is 30.3 Å². The first-order valence-electron chi connectivity index (χ1n) is 7.07. The molecule has 0 unspecified atom stereocenters. The number of hydrogen-bond acceptors (Lipinski definition) is 6. The molecule has 2 rings (SSSR count). The molecule has 0 aliphatic heterocycles. The van der Waals surface area contributed by atoms with Crippen molar-refractivity contribution in [3.8, 4) is 0 Å². The number of carbonyl (C=O) groups excluding carboxylic acids is 2. The molecule has 1 aromatic carbocycles. The lowest BCUT2D eigenvalue weighted by Crippen LogP contribution is -2.36. The van der Waals surface area contributed by atoms with Crippen LogP contribution >= 0.6 is 11.3 Å². The zero-order chi connectivity index (χ0) is 18.3. The molecule has 10 heteroatoms. The molecule has 134 valence electrons. The van der Waals surface area contributed by atoms with E-state index in [9.17, 15) is 22.8 Å². The van der Waals surface area contributed by atoms with Crippen LogP contribution in [0.3, 0.4) is 0 Å². The van der Waals surface area contributed by atoms with Crippen molar-refractivity contribution in [3.63, 3.8) is 0 Å². The molecule has 0 fully saturated rings. The summed E-state index contributed by atoms with van der Waals surface area (Å²) in [5.74, 6) is -1.92. The summed E-state index contributed by atoms with van der Waals surface area (Å²) < 4.78 is 40.4. The minimum Gasteiger partial charge on any atom is -0.451 e. The van der Waals surface area contributed by atoms with Gasteiger partial charge in [-0.3, -0.25) is 4.79 Å². The van der Waals surface area contributed by atoms with Crippen LogP contribution < -0.4 is 10.6 Å². The number of alkyl halides is 3. The number of ether oxygens (including phenoxy) is 1. The second-order valence-corrected chi connectivity index (χ2v) is 5.70. The van der Waals surface area contributed by atoms with Gasteiger partial charge in [0.1, 0.15) is 6.54 Å². The predicted molar refractivity (Wildman–Crippen MR) is 85.2 cm³/mol. The molecule has 0 atom stereocenters. The van der Waals surface area contributed by atoms with Crippen LogP contribution in [0.25, 0.3) is 0 Å². The SMILES string of the molecule is O=C(COC(=O)c1csc(NCc2ccccc2)n1)NCC(F)(F)F. The van der Waals surface area contributed by atoms with Crippen LogP contribution in [0.4, 0.5) is 18.3 Å². The Labute approximate surface area is 145 Å². The second kappa shape index (κ2) is 8.47. The maximum atomic E-state index is 11.9. The number of amides is 1. The molecule has 0 spiro atoms. The van der Waals surface area contributed by atoms with E-state index in [2.05, 4.69) is 15.0 Å². The molecule has 0 saturated carbocycles. The van der Waals surface area contributed by atoms with Crippen LogP contribution in [-0.2, 0) is 16.1 Å². The minimum absolute atomic E-state index is 0.0239. The summed E-state index contributed by atoms with van der Waals surface area (Å²) in [5, 5.41) is 6.55. The van der Waals surface area contributed by atoms with Crippen molar-refractivity contribution in [2.75, 3.05) is 18.5 Å². The second-order valence-electron chi connectivity index (χ2n) is 4.85. The number of thiazole rings is 1. The molecule has 6 nitrogen and oxygen atoms in total. The summed E-state index contributed by atoms with van der Waals surface area (Å²) in [6, 6.07) is 9.54. The molecule has 0 aliphatic carbocycles. The first-order valence-corrected chi connectivity index (χ1v) is 7.95. The van der Waals surface area contributed by atoms with Gasteiger partial charge in [-0.25, -0.2) is 9.78 Å². The first kappa shape index (κ1) is 18.7. The van der Waals surface area contributed by atoms with Gasteiger partial charge < -0.3 is 15.4 Å². The highest BCUT2D eigenvalue weighted by Gasteiger charge is 2.27. The molecular weight excluding hydrogens is 359 g/mol. The highest BCUT2D eigenvalue weighted by atomic mass is 32.1. The summed E-state index contributed by atoms with van der Waals surface area (Å²) in [6.07, 6.45) is -4.52. The number of aromatic nitrogens is 1. The summed E-state index contributed by atoms with van der Waals surface area (Å²) in [4.78, 5) is 26.9. The standard InChI is InChI=1S/C15H14F3N3O3S/c16-15(17,18)9-20-12(22)7-24-13(23)11-8-25-14(21-11)19-6-10-4-2-1-3-5-10/h1-5,8H,6-7,9H2,(H,19,21)(H,20,22). The number of rotatable bonds is 7. The number of hydrogen-bond donors (Lipinski definition) is 2. The van der Waals surface area contributed by atoms with E-state index in [0.717, 1.165) is 5.56 Å².